The molecule has 0 radical (unpaired) electrons. The van der Waals surface area contributed by atoms with Crippen molar-refractivity contribution in [2.45, 2.75) is 44.7 Å². The maximum absolute atomic E-state index is 12.9. The van der Waals surface area contributed by atoms with E-state index in [4.69, 9.17) is 21.4 Å². The summed E-state index contributed by atoms with van der Waals surface area (Å²) < 4.78 is 25.1. The molecule has 2 rings (SSSR count). The average molecular weight is 409 g/mol. The van der Waals surface area contributed by atoms with Gasteiger partial charge in [-0.05, 0) is 72.3 Å². The first kappa shape index (κ1) is 20.9. The topological polar surface area (TPSA) is 18.5 Å². The van der Waals surface area contributed by atoms with E-state index >= 15 is 0 Å². The summed E-state index contributed by atoms with van der Waals surface area (Å²) in [6.07, 6.45) is 0. The third kappa shape index (κ3) is 6.11. The molecule has 2 aromatic carbocycles. The smallest absolute Gasteiger partial charge is 0.250 e. The summed E-state index contributed by atoms with van der Waals surface area (Å²) in [6.45, 7) is 11.2. The van der Waals surface area contributed by atoms with E-state index < -0.39 is 8.32 Å². The van der Waals surface area contributed by atoms with Gasteiger partial charge in [0, 0.05) is 5.75 Å². The monoisotopic (exact) mass is 408 g/mol. The maximum atomic E-state index is 12.9. The molecule has 0 saturated heterocycles. The standard InChI is InChI=1S/C20H25FO2S2Si/c1-20(2,3)26(4,5)23-18-10-6-15(7-11-18)14-25-19(24)22-17-12-8-16(21)9-13-17/h6-13H,14H2,1-5H3. The summed E-state index contributed by atoms with van der Waals surface area (Å²) in [6, 6.07) is 14.0. The van der Waals surface area contributed by atoms with E-state index in [1.165, 1.54) is 23.9 Å². The summed E-state index contributed by atoms with van der Waals surface area (Å²) in [5.74, 6) is 1.87. The van der Waals surface area contributed by atoms with Gasteiger partial charge in [0.05, 0.1) is 0 Å². The van der Waals surface area contributed by atoms with Gasteiger partial charge in [-0.25, -0.2) is 4.39 Å². The molecule has 0 amide bonds. The van der Waals surface area contributed by atoms with Crippen molar-refractivity contribution in [2.24, 2.45) is 0 Å². The van der Waals surface area contributed by atoms with Gasteiger partial charge in [-0.2, -0.15) is 0 Å². The average Bonchev–Trinajstić information content (AvgIpc) is 2.55. The highest BCUT2D eigenvalue weighted by Gasteiger charge is 2.38. The zero-order chi connectivity index (χ0) is 19.4. The van der Waals surface area contributed by atoms with Gasteiger partial charge in [-0.15, -0.1) is 0 Å². The first-order valence-electron chi connectivity index (χ1n) is 8.45. The lowest BCUT2D eigenvalue weighted by molar-refractivity contribution is 0.492. The SMILES string of the molecule is CC(C)(C)[Si](C)(C)Oc1ccc(CSC(=S)Oc2ccc(F)cc2)cc1. The number of ether oxygens (including phenoxy) is 1. The first-order valence-corrected chi connectivity index (χ1v) is 12.8. The molecule has 0 bridgehead atoms. The summed E-state index contributed by atoms with van der Waals surface area (Å²) in [4.78, 5) is 0. The van der Waals surface area contributed by atoms with E-state index in [1.54, 1.807) is 12.1 Å². The van der Waals surface area contributed by atoms with Gasteiger partial charge in [-0.1, -0.05) is 44.7 Å². The molecule has 6 heteroatoms. The number of thioether (sulfide) groups is 1. The number of thiocarbonyl (C=S) groups is 1. The van der Waals surface area contributed by atoms with Crippen molar-refractivity contribution >= 4 is 36.7 Å². The van der Waals surface area contributed by atoms with Crippen LogP contribution in [0.15, 0.2) is 48.5 Å². The third-order valence-corrected chi connectivity index (χ3v) is 10.1. The largest absolute Gasteiger partial charge is 0.544 e. The fourth-order valence-corrected chi connectivity index (χ4v) is 3.81. The number of rotatable bonds is 5. The van der Waals surface area contributed by atoms with Gasteiger partial charge in [0.25, 0.3) is 0 Å². The highest BCUT2D eigenvalue weighted by atomic mass is 32.2. The molecule has 0 aliphatic carbocycles. The van der Waals surface area contributed by atoms with E-state index in [2.05, 4.69) is 46.0 Å². The summed E-state index contributed by atoms with van der Waals surface area (Å²) in [5, 5.41) is 0.172. The van der Waals surface area contributed by atoms with Crippen LogP contribution in [0.1, 0.15) is 26.3 Å². The molecule has 0 heterocycles. The fraction of sp³-hybridized carbons (Fsp3) is 0.350. The van der Waals surface area contributed by atoms with Gasteiger partial charge in [0.1, 0.15) is 17.3 Å². The van der Waals surface area contributed by atoms with Gasteiger partial charge >= 0.3 is 0 Å². The van der Waals surface area contributed by atoms with E-state index in [0.717, 1.165) is 11.3 Å². The highest BCUT2D eigenvalue weighted by Crippen LogP contribution is 2.37. The Morgan fingerprint density at radius 3 is 2.08 bits per heavy atom. The molecule has 2 aromatic rings. The summed E-state index contributed by atoms with van der Waals surface area (Å²) in [7, 11) is -1.82. The maximum Gasteiger partial charge on any atom is 0.250 e. The van der Waals surface area contributed by atoms with Gasteiger partial charge < -0.3 is 9.16 Å². The Balaban J connectivity index is 1.87. The Labute approximate surface area is 166 Å². The van der Waals surface area contributed by atoms with Gasteiger partial charge in [0.2, 0.25) is 12.7 Å². The van der Waals surface area contributed by atoms with Crippen LogP contribution in [0.3, 0.4) is 0 Å². The van der Waals surface area contributed by atoms with Crippen LogP contribution in [0, 0.1) is 5.82 Å². The molecule has 140 valence electrons. The Morgan fingerprint density at radius 1 is 1.00 bits per heavy atom. The molecule has 0 aromatic heterocycles. The van der Waals surface area contributed by atoms with Crippen LogP contribution < -0.4 is 9.16 Å². The second kappa shape index (κ2) is 8.54. The van der Waals surface area contributed by atoms with Crippen LogP contribution in [0.25, 0.3) is 0 Å². The molecule has 26 heavy (non-hydrogen) atoms. The molecular weight excluding hydrogens is 383 g/mol. The molecule has 2 nitrogen and oxygen atoms in total. The van der Waals surface area contributed by atoms with E-state index in [-0.39, 0.29) is 10.9 Å². The molecule has 0 unspecified atom stereocenters. The summed E-state index contributed by atoms with van der Waals surface area (Å²) in [5.41, 5.74) is 1.14. The highest BCUT2D eigenvalue weighted by molar-refractivity contribution is 8.22. The van der Waals surface area contributed by atoms with Crippen LogP contribution in [0.5, 0.6) is 11.5 Å². The fourth-order valence-electron chi connectivity index (χ4n) is 1.87. The number of halogens is 1. The van der Waals surface area contributed by atoms with Crippen LogP contribution in [0.2, 0.25) is 18.1 Å². The van der Waals surface area contributed by atoms with Crippen molar-refractivity contribution < 1.29 is 13.6 Å². The van der Waals surface area contributed by atoms with Crippen molar-refractivity contribution in [1.29, 1.82) is 0 Å². The van der Waals surface area contributed by atoms with E-state index in [9.17, 15) is 4.39 Å². The van der Waals surface area contributed by atoms with Crippen molar-refractivity contribution in [3.8, 4) is 11.5 Å². The van der Waals surface area contributed by atoms with Crippen molar-refractivity contribution in [2.75, 3.05) is 0 Å². The van der Waals surface area contributed by atoms with Crippen molar-refractivity contribution in [3.63, 3.8) is 0 Å². The minimum atomic E-state index is -1.82. The number of hydrogen-bond acceptors (Lipinski definition) is 4. The summed E-state index contributed by atoms with van der Waals surface area (Å²) >= 11 is 6.67. The Hall–Kier alpha value is -1.37. The Kier molecular flexibility index (Phi) is 6.88. The van der Waals surface area contributed by atoms with Crippen molar-refractivity contribution in [3.05, 3.63) is 59.9 Å². The molecule has 0 aliphatic heterocycles. The molecular formula is C20H25FO2S2Si. The molecule has 0 fully saturated rings. The zero-order valence-corrected chi connectivity index (χ0v) is 18.5. The second-order valence-electron chi connectivity index (χ2n) is 7.60. The first-order chi connectivity index (χ1) is 12.1. The molecule has 0 N–H and O–H groups in total. The quantitative estimate of drug-likeness (QED) is 0.399. The lowest BCUT2D eigenvalue weighted by Crippen LogP contribution is -2.43. The minimum Gasteiger partial charge on any atom is -0.544 e. The second-order valence-corrected chi connectivity index (χ2v) is 13.9. The lowest BCUT2D eigenvalue weighted by Gasteiger charge is -2.36. The Morgan fingerprint density at radius 2 is 1.54 bits per heavy atom. The van der Waals surface area contributed by atoms with Crippen LogP contribution in [-0.2, 0) is 5.75 Å². The predicted molar refractivity (Wildman–Crippen MR) is 115 cm³/mol. The van der Waals surface area contributed by atoms with Crippen LogP contribution in [-0.4, -0.2) is 12.7 Å². The van der Waals surface area contributed by atoms with Gasteiger partial charge in [-0.3, -0.25) is 0 Å². The van der Waals surface area contributed by atoms with Gasteiger partial charge in [0.15, 0.2) is 0 Å². The lowest BCUT2D eigenvalue weighted by atomic mass is 10.2. The predicted octanol–water partition coefficient (Wildman–Crippen LogP) is 6.81. The number of benzene rings is 2. The molecule has 0 aliphatic rings. The van der Waals surface area contributed by atoms with E-state index in [0.29, 0.717) is 15.9 Å². The normalized spacial score (nSPS) is 11.9. The number of hydrogen-bond donors (Lipinski definition) is 0. The van der Waals surface area contributed by atoms with Crippen LogP contribution >= 0.6 is 24.0 Å². The molecule has 0 saturated carbocycles. The Bertz CT molecular complexity index is 738. The minimum absolute atomic E-state index is 0.172. The third-order valence-electron chi connectivity index (χ3n) is 4.47. The zero-order valence-electron chi connectivity index (χ0n) is 15.8. The van der Waals surface area contributed by atoms with E-state index in [1.807, 2.05) is 12.1 Å². The molecule has 0 spiro atoms. The van der Waals surface area contributed by atoms with Crippen molar-refractivity contribution in [1.82, 2.24) is 0 Å². The van der Waals surface area contributed by atoms with Crippen LogP contribution in [0.4, 0.5) is 4.39 Å². The molecule has 0 atom stereocenters.